The number of nitrogens with one attached hydrogen (secondary N) is 2. The zero-order valence-corrected chi connectivity index (χ0v) is 13.1. The summed E-state index contributed by atoms with van der Waals surface area (Å²) in [6, 6.07) is 7.23. The van der Waals surface area contributed by atoms with Crippen molar-refractivity contribution < 1.29 is 8.42 Å². The third-order valence-electron chi connectivity index (χ3n) is 3.68. The smallest absolute Gasteiger partial charge is 0.241 e. The Balaban J connectivity index is 1.93. The number of benzene rings is 1. The fourth-order valence-electron chi connectivity index (χ4n) is 2.10. The lowest BCUT2D eigenvalue weighted by Gasteiger charge is -2.12. The van der Waals surface area contributed by atoms with Gasteiger partial charge in [0.15, 0.2) is 0 Å². The van der Waals surface area contributed by atoms with Gasteiger partial charge in [-0.05, 0) is 63.4 Å². The minimum absolute atomic E-state index is 0.219. The van der Waals surface area contributed by atoms with Crippen LogP contribution in [0.4, 0.5) is 0 Å². The molecule has 0 aromatic heterocycles. The highest BCUT2D eigenvalue weighted by Gasteiger charge is 2.41. The van der Waals surface area contributed by atoms with Gasteiger partial charge in [0.2, 0.25) is 10.0 Å². The van der Waals surface area contributed by atoms with E-state index in [4.69, 9.17) is 0 Å². The van der Waals surface area contributed by atoms with Crippen LogP contribution >= 0.6 is 0 Å². The van der Waals surface area contributed by atoms with E-state index in [1.807, 2.05) is 19.1 Å². The van der Waals surface area contributed by atoms with Crippen LogP contribution in [0.2, 0.25) is 0 Å². The van der Waals surface area contributed by atoms with Crippen LogP contribution in [0.5, 0.6) is 0 Å². The summed E-state index contributed by atoms with van der Waals surface area (Å²) in [5.74, 6) is 0. The van der Waals surface area contributed by atoms with Crippen LogP contribution in [0.25, 0.3) is 0 Å². The molecule has 1 aromatic rings. The molecule has 0 saturated heterocycles. The van der Waals surface area contributed by atoms with Crippen molar-refractivity contribution in [2.24, 2.45) is 0 Å². The van der Waals surface area contributed by atoms with E-state index in [2.05, 4.69) is 17.0 Å². The van der Waals surface area contributed by atoms with E-state index in [0.717, 1.165) is 38.8 Å². The van der Waals surface area contributed by atoms with Crippen LogP contribution in [-0.4, -0.2) is 27.0 Å². The molecule has 0 bridgehead atoms. The average molecular weight is 296 g/mol. The first-order valence-electron chi connectivity index (χ1n) is 7.29. The Morgan fingerprint density at radius 2 is 1.85 bits per heavy atom. The lowest BCUT2D eigenvalue weighted by molar-refractivity contribution is 0.558. The van der Waals surface area contributed by atoms with Crippen LogP contribution in [0, 0.1) is 0 Å². The third kappa shape index (κ3) is 4.30. The molecule has 1 fully saturated rings. The molecule has 1 saturated carbocycles. The number of sulfonamides is 1. The Labute approximate surface area is 122 Å². The Morgan fingerprint density at radius 1 is 1.20 bits per heavy atom. The quantitative estimate of drug-likeness (QED) is 0.722. The minimum Gasteiger partial charge on any atom is -0.317 e. The Bertz CT molecular complexity index is 533. The van der Waals surface area contributed by atoms with E-state index in [-0.39, 0.29) is 5.54 Å². The first kappa shape index (κ1) is 15.5. The third-order valence-corrected chi connectivity index (χ3v) is 5.34. The minimum atomic E-state index is -3.36. The van der Waals surface area contributed by atoms with Crippen LogP contribution in [0.15, 0.2) is 29.2 Å². The second kappa shape index (κ2) is 6.24. The zero-order valence-electron chi connectivity index (χ0n) is 12.3. The topological polar surface area (TPSA) is 58.2 Å². The molecule has 112 valence electrons. The van der Waals surface area contributed by atoms with Crippen LogP contribution in [0.1, 0.15) is 38.7 Å². The van der Waals surface area contributed by atoms with Gasteiger partial charge >= 0.3 is 0 Å². The molecule has 0 unspecified atom stereocenters. The summed E-state index contributed by atoms with van der Waals surface area (Å²) in [6.45, 7) is 6.02. The van der Waals surface area contributed by atoms with Crippen molar-refractivity contribution in [2.75, 3.05) is 13.1 Å². The van der Waals surface area contributed by atoms with Gasteiger partial charge in [-0.15, -0.1) is 0 Å². The highest BCUT2D eigenvalue weighted by atomic mass is 32.2. The normalized spacial score (nSPS) is 17.1. The van der Waals surface area contributed by atoms with Crippen molar-refractivity contribution in [3.8, 4) is 0 Å². The van der Waals surface area contributed by atoms with E-state index in [0.29, 0.717) is 4.90 Å². The molecule has 0 amide bonds. The highest BCUT2D eigenvalue weighted by Crippen LogP contribution is 2.35. The molecule has 2 rings (SSSR count). The maximum Gasteiger partial charge on any atom is 0.241 e. The fraction of sp³-hybridized carbons (Fsp3) is 0.600. The van der Waals surface area contributed by atoms with Crippen LogP contribution in [-0.2, 0) is 16.4 Å². The average Bonchev–Trinajstić information content (AvgIpc) is 3.12. The van der Waals surface area contributed by atoms with Crippen molar-refractivity contribution in [1.82, 2.24) is 10.0 Å². The molecule has 0 radical (unpaired) electrons. The van der Waals surface area contributed by atoms with Gasteiger partial charge < -0.3 is 5.32 Å². The van der Waals surface area contributed by atoms with Gasteiger partial charge in [0.05, 0.1) is 4.90 Å². The first-order valence-corrected chi connectivity index (χ1v) is 8.77. The molecule has 1 aliphatic carbocycles. The number of hydrogen-bond donors (Lipinski definition) is 2. The van der Waals surface area contributed by atoms with Gasteiger partial charge in [0.1, 0.15) is 0 Å². The fourth-order valence-corrected chi connectivity index (χ4v) is 3.57. The largest absolute Gasteiger partial charge is 0.317 e. The van der Waals surface area contributed by atoms with E-state index >= 15 is 0 Å². The van der Waals surface area contributed by atoms with Gasteiger partial charge in [0, 0.05) is 5.54 Å². The molecule has 2 N–H and O–H groups in total. The molecule has 0 aliphatic heterocycles. The second-order valence-electron chi connectivity index (χ2n) is 5.77. The van der Waals surface area contributed by atoms with Gasteiger partial charge in [-0.3, -0.25) is 0 Å². The molecule has 0 spiro atoms. The van der Waals surface area contributed by atoms with E-state index < -0.39 is 10.0 Å². The molecule has 1 aromatic carbocycles. The van der Waals surface area contributed by atoms with E-state index in [1.54, 1.807) is 12.1 Å². The van der Waals surface area contributed by atoms with Gasteiger partial charge in [-0.1, -0.05) is 19.1 Å². The van der Waals surface area contributed by atoms with Crippen molar-refractivity contribution in [3.63, 3.8) is 0 Å². The number of rotatable bonds is 8. The molecule has 0 atom stereocenters. The summed E-state index contributed by atoms with van der Waals surface area (Å²) < 4.78 is 27.1. The Morgan fingerprint density at radius 3 is 2.40 bits per heavy atom. The van der Waals surface area contributed by atoms with Gasteiger partial charge in [-0.2, -0.15) is 0 Å². The standard InChI is InChI=1S/C15H24N2O2S/c1-3-16-12-4-5-13-6-8-14(9-7-13)20(18,19)17-15(2)10-11-15/h6-9,16-17H,3-5,10-12H2,1-2H3. The van der Waals surface area contributed by atoms with Crippen molar-refractivity contribution in [2.45, 2.75) is 50.0 Å². The molecule has 5 heteroatoms. The van der Waals surface area contributed by atoms with E-state index in [9.17, 15) is 8.42 Å². The van der Waals surface area contributed by atoms with Crippen molar-refractivity contribution in [3.05, 3.63) is 29.8 Å². The van der Waals surface area contributed by atoms with Gasteiger partial charge in [0.25, 0.3) is 0 Å². The molecule has 0 heterocycles. The van der Waals surface area contributed by atoms with Gasteiger partial charge in [-0.25, -0.2) is 13.1 Å². The zero-order chi connectivity index (χ0) is 14.6. The summed E-state index contributed by atoms with van der Waals surface area (Å²) in [7, 11) is -3.36. The highest BCUT2D eigenvalue weighted by molar-refractivity contribution is 7.89. The van der Waals surface area contributed by atoms with Crippen LogP contribution < -0.4 is 10.0 Å². The molecule has 4 nitrogen and oxygen atoms in total. The maximum absolute atomic E-state index is 12.2. The predicted octanol–water partition coefficient (Wildman–Crippen LogP) is 2.06. The summed E-state index contributed by atoms with van der Waals surface area (Å²) in [6.07, 6.45) is 3.89. The summed E-state index contributed by atoms with van der Waals surface area (Å²) in [5.41, 5.74) is 0.961. The first-order chi connectivity index (χ1) is 9.45. The van der Waals surface area contributed by atoms with Crippen molar-refractivity contribution >= 4 is 10.0 Å². The number of aryl methyl sites for hydroxylation is 1. The summed E-state index contributed by atoms with van der Waals surface area (Å²) in [4.78, 5) is 0.362. The Hall–Kier alpha value is -0.910. The SMILES string of the molecule is CCNCCCc1ccc(S(=O)(=O)NC2(C)CC2)cc1. The second-order valence-corrected chi connectivity index (χ2v) is 7.45. The van der Waals surface area contributed by atoms with Crippen LogP contribution in [0.3, 0.4) is 0 Å². The van der Waals surface area contributed by atoms with E-state index in [1.165, 1.54) is 5.56 Å². The molecular weight excluding hydrogens is 272 g/mol. The summed E-state index contributed by atoms with van der Waals surface area (Å²) >= 11 is 0. The Kier molecular flexibility index (Phi) is 4.83. The lowest BCUT2D eigenvalue weighted by Crippen LogP contribution is -2.34. The predicted molar refractivity (Wildman–Crippen MR) is 81.3 cm³/mol. The van der Waals surface area contributed by atoms with Crippen molar-refractivity contribution in [1.29, 1.82) is 0 Å². The lowest BCUT2D eigenvalue weighted by atomic mass is 10.1. The number of hydrogen-bond acceptors (Lipinski definition) is 3. The molecular formula is C15H24N2O2S. The monoisotopic (exact) mass is 296 g/mol. The maximum atomic E-state index is 12.2. The molecule has 1 aliphatic rings. The molecule has 20 heavy (non-hydrogen) atoms. The summed E-state index contributed by atoms with van der Waals surface area (Å²) in [5, 5.41) is 3.28.